The molecule has 118 valence electrons. The molecular formula is C17H22IN3O. The molecule has 2 aromatic carbocycles. The van der Waals surface area contributed by atoms with Gasteiger partial charge in [-0.2, -0.15) is 0 Å². The van der Waals surface area contributed by atoms with E-state index in [2.05, 4.69) is 16.4 Å². The Morgan fingerprint density at radius 3 is 2.41 bits per heavy atom. The third kappa shape index (κ3) is 5.22. The summed E-state index contributed by atoms with van der Waals surface area (Å²) in [5, 5.41) is 3.08. The summed E-state index contributed by atoms with van der Waals surface area (Å²) in [5.74, 6) is 1.29. The monoisotopic (exact) mass is 411 g/mol. The largest absolute Gasteiger partial charge is 0.496 e. The van der Waals surface area contributed by atoms with Gasteiger partial charge < -0.3 is 15.8 Å². The van der Waals surface area contributed by atoms with Crippen molar-refractivity contribution in [1.29, 1.82) is 0 Å². The topological polar surface area (TPSA) is 59.6 Å². The fourth-order valence-corrected chi connectivity index (χ4v) is 2.04. The SMILES string of the molecule is COc1ccc(CN=C(N)Nc2ccc(C)cc2)cc1C.I. The van der Waals surface area contributed by atoms with Gasteiger partial charge in [0, 0.05) is 5.69 Å². The lowest BCUT2D eigenvalue weighted by Gasteiger charge is -2.08. The molecule has 4 nitrogen and oxygen atoms in total. The number of nitrogens with one attached hydrogen (secondary N) is 1. The van der Waals surface area contributed by atoms with Crippen molar-refractivity contribution in [3.05, 3.63) is 59.2 Å². The third-order valence-electron chi connectivity index (χ3n) is 3.22. The van der Waals surface area contributed by atoms with Crippen LogP contribution in [0.15, 0.2) is 47.5 Å². The number of ether oxygens (including phenoxy) is 1. The highest BCUT2D eigenvalue weighted by Crippen LogP contribution is 2.18. The fourth-order valence-electron chi connectivity index (χ4n) is 2.04. The molecule has 0 spiro atoms. The molecule has 0 radical (unpaired) electrons. The Bertz CT molecular complexity index is 639. The van der Waals surface area contributed by atoms with Crippen LogP contribution in [0.5, 0.6) is 5.75 Å². The number of guanidine groups is 1. The van der Waals surface area contributed by atoms with Crippen LogP contribution in [0.2, 0.25) is 0 Å². The van der Waals surface area contributed by atoms with Gasteiger partial charge in [0.25, 0.3) is 0 Å². The van der Waals surface area contributed by atoms with Crippen LogP contribution < -0.4 is 15.8 Å². The predicted molar refractivity (Wildman–Crippen MR) is 103 cm³/mol. The number of nitrogens with zero attached hydrogens (tertiary/aromatic N) is 1. The third-order valence-corrected chi connectivity index (χ3v) is 3.22. The van der Waals surface area contributed by atoms with E-state index in [1.807, 2.05) is 50.2 Å². The zero-order valence-electron chi connectivity index (χ0n) is 13.1. The lowest BCUT2D eigenvalue weighted by atomic mass is 10.1. The van der Waals surface area contributed by atoms with Crippen LogP contribution >= 0.6 is 24.0 Å². The van der Waals surface area contributed by atoms with E-state index < -0.39 is 0 Å². The number of halogens is 1. The molecule has 0 bridgehead atoms. The molecule has 2 aromatic rings. The molecule has 0 aliphatic carbocycles. The van der Waals surface area contributed by atoms with Crippen molar-refractivity contribution in [2.75, 3.05) is 12.4 Å². The summed E-state index contributed by atoms with van der Waals surface area (Å²) in [6.07, 6.45) is 0. The Labute approximate surface area is 148 Å². The number of aliphatic imine (C=N–C) groups is 1. The fraction of sp³-hybridized carbons (Fsp3) is 0.235. The van der Waals surface area contributed by atoms with Crippen LogP contribution in [-0.4, -0.2) is 13.1 Å². The number of aryl methyl sites for hydroxylation is 2. The number of rotatable bonds is 4. The Hall–Kier alpha value is -1.76. The maximum absolute atomic E-state index is 5.90. The molecule has 0 aromatic heterocycles. The summed E-state index contributed by atoms with van der Waals surface area (Å²) in [7, 11) is 1.67. The van der Waals surface area contributed by atoms with Crippen LogP contribution in [-0.2, 0) is 6.54 Å². The second kappa shape index (κ2) is 8.63. The number of methoxy groups -OCH3 is 1. The Morgan fingerprint density at radius 1 is 1.14 bits per heavy atom. The highest BCUT2D eigenvalue weighted by atomic mass is 127. The van der Waals surface area contributed by atoms with Crippen LogP contribution in [0, 0.1) is 13.8 Å². The standard InChI is InChI=1S/C17H21N3O.HI/c1-12-4-7-15(8-5-12)20-17(18)19-11-14-6-9-16(21-3)13(2)10-14;/h4-10H,11H2,1-3H3,(H3,18,19,20);1H. The molecule has 0 atom stereocenters. The van der Waals surface area contributed by atoms with Gasteiger partial charge in [-0.1, -0.05) is 29.8 Å². The molecule has 5 heteroatoms. The Morgan fingerprint density at radius 2 is 1.82 bits per heavy atom. The van der Waals surface area contributed by atoms with Gasteiger partial charge in [0.05, 0.1) is 13.7 Å². The van der Waals surface area contributed by atoms with Gasteiger partial charge in [0.2, 0.25) is 0 Å². The van der Waals surface area contributed by atoms with Crippen molar-refractivity contribution in [2.24, 2.45) is 10.7 Å². The molecule has 0 amide bonds. The molecule has 0 saturated heterocycles. The van der Waals surface area contributed by atoms with E-state index in [1.54, 1.807) is 7.11 Å². The molecule has 0 aliphatic heterocycles. The number of hydrogen-bond acceptors (Lipinski definition) is 2. The summed E-state index contributed by atoms with van der Waals surface area (Å²) in [6.45, 7) is 4.60. The van der Waals surface area contributed by atoms with Crippen molar-refractivity contribution in [3.63, 3.8) is 0 Å². The summed E-state index contributed by atoms with van der Waals surface area (Å²) in [5.41, 5.74) is 10.2. The highest BCUT2D eigenvalue weighted by Gasteiger charge is 2.00. The predicted octanol–water partition coefficient (Wildman–Crippen LogP) is 3.86. The minimum absolute atomic E-state index is 0. The minimum atomic E-state index is 0. The van der Waals surface area contributed by atoms with Crippen LogP contribution in [0.3, 0.4) is 0 Å². The molecule has 0 fully saturated rings. The van der Waals surface area contributed by atoms with Crippen molar-refractivity contribution < 1.29 is 4.74 Å². The van der Waals surface area contributed by atoms with E-state index in [-0.39, 0.29) is 24.0 Å². The number of benzene rings is 2. The van der Waals surface area contributed by atoms with E-state index in [4.69, 9.17) is 10.5 Å². The number of nitrogens with two attached hydrogens (primary N) is 1. The molecule has 0 heterocycles. The number of anilines is 1. The van der Waals surface area contributed by atoms with Gasteiger partial charge in [-0.15, -0.1) is 24.0 Å². The first-order chi connectivity index (χ1) is 10.1. The van der Waals surface area contributed by atoms with Crippen LogP contribution in [0.25, 0.3) is 0 Å². The molecule has 2 rings (SSSR count). The van der Waals surface area contributed by atoms with Crippen molar-refractivity contribution in [2.45, 2.75) is 20.4 Å². The van der Waals surface area contributed by atoms with Gasteiger partial charge >= 0.3 is 0 Å². The molecule has 0 aliphatic rings. The van der Waals surface area contributed by atoms with Gasteiger partial charge in [-0.25, -0.2) is 4.99 Å². The summed E-state index contributed by atoms with van der Waals surface area (Å²) in [4.78, 5) is 4.35. The van der Waals surface area contributed by atoms with Crippen LogP contribution in [0.1, 0.15) is 16.7 Å². The lowest BCUT2D eigenvalue weighted by Crippen LogP contribution is -2.22. The maximum Gasteiger partial charge on any atom is 0.193 e. The summed E-state index contributed by atoms with van der Waals surface area (Å²) in [6, 6.07) is 14.0. The van der Waals surface area contributed by atoms with E-state index in [0.29, 0.717) is 12.5 Å². The van der Waals surface area contributed by atoms with Gasteiger partial charge in [0.1, 0.15) is 5.75 Å². The molecule has 0 unspecified atom stereocenters. The van der Waals surface area contributed by atoms with Gasteiger partial charge in [-0.3, -0.25) is 0 Å². The summed E-state index contributed by atoms with van der Waals surface area (Å²) >= 11 is 0. The average molecular weight is 411 g/mol. The van der Waals surface area contributed by atoms with E-state index >= 15 is 0 Å². The normalized spacial score (nSPS) is 10.8. The number of hydrogen-bond donors (Lipinski definition) is 2. The second-order valence-electron chi connectivity index (χ2n) is 5.00. The van der Waals surface area contributed by atoms with Gasteiger partial charge in [0.15, 0.2) is 5.96 Å². The van der Waals surface area contributed by atoms with Crippen LogP contribution in [0.4, 0.5) is 5.69 Å². The van der Waals surface area contributed by atoms with Crippen molar-refractivity contribution in [1.82, 2.24) is 0 Å². The van der Waals surface area contributed by atoms with Crippen molar-refractivity contribution >= 4 is 35.6 Å². The second-order valence-corrected chi connectivity index (χ2v) is 5.00. The molecule has 22 heavy (non-hydrogen) atoms. The average Bonchev–Trinajstić information content (AvgIpc) is 2.48. The minimum Gasteiger partial charge on any atom is -0.496 e. The van der Waals surface area contributed by atoms with E-state index in [1.165, 1.54) is 5.56 Å². The first kappa shape index (κ1) is 18.3. The van der Waals surface area contributed by atoms with E-state index in [9.17, 15) is 0 Å². The van der Waals surface area contributed by atoms with E-state index in [0.717, 1.165) is 22.6 Å². The lowest BCUT2D eigenvalue weighted by molar-refractivity contribution is 0.411. The first-order valence-electron chi connectivity index (χ1n) is 6.85. The summed E-state index contributed by atoms with van der Waals surface area (Å²) < 4.78 is 5.24. The molecular weight excluding hydrogens is 389 g/mol. The molecule has 0 saturated carbocycles. The Kier molecular flexibility index (Phi) is 7.17. The first-order valence-corrected chi connectivity index (χ1v) is 6.85. The molecule has 3 N–H and O–H groups in total. The maximum atomic E-state index is 5.90. The van der Waals surface area contributed by atoms with Crippen molar-refractivity contribution in [3.8, 4) is 5.75 Å². The zero-order valence-corrected chi connectivity index (χ0v) is 15.4. The quantitative estimate of drug-likeness (QED) is 0.457. The smallest absolute Gasteiger partial charge is 0.193 e. The van der Waals surface area contributed by atoms with Gasteiger partial charge in [-0.05, 0) is 43.2 Å². The zero-order chi connectivity index (χ0) is 15.2. The Balaban J connectivity index is 0.00000242. The highest BCUT2D eigenvalue weighted by molar-refractivity contribution is 14.0.